The molecule has 0 saturated carbocycles. The van der Waals surface area contributed by atoms with Crippen LogP contribution < -0.4 is 14.4 Å². The lowest BCUT2D eigenvalue weighted by Crippen LogP contribution is -2.28. The van der Waals surface area contributed by atoms with Gasteiger partial charge < -0.3 is 14.4 Å². The van der Waals surface area contributed by atoms with Crippen LogP contribution in [0.5, 0.6) is 11.5 Å². The fraction of sp³-hybridized carbons (Fsp3) is 0.263. The predicted octanol–water partition coefficient (Wildman–Crippen LogP) is 2.14. The number of para-hydroxylation sites is 1. The van der Waals surface area contributed by atoms with Crippen LogP contribution in [-0.4, -0.2) is 47.6 Å². The minimum Gasteiger partial charge on any atom is -0.497 e. The molecule has 8 heteroatoms. The van der Waals surface area contributed by atoms with E-state index in [1.165, 1.54) is 11.8 Å². The molecule has 0 bridgehead atoms. The maximum absolute atomic E-state index is 12.9. The van der Waals surface area contributed by atoms with Crippen LogP contribution in [0.4, 0.5) is 5.69 Å². The zero-order valence-electron chi connectivity index (χ0n) is 15.0. The van der Waals surface area contributed by atoms with Gasteiger partial charge in [-0.3, -0.25) is 9.59 Å². The van der Waals surface area contributed by atoms with Crippen LogP contribution in [0, 0.1) is 5.92 Å². The number of carbonyl (C=O) groups is 2. The number of anilines is 1. The van der Waals surface area contributed by atoms with E-state index in [1.807, 2.05) is 12.1 Å². The molecule has 0 N–H and O–H groups in total. The van der Waals surface area contributed by atoms with Crippen LogP contribution in [0.2, 0.25) is 0 Å². The van der Waals surface area contributed by atoms with Crippen molar-refractivity contribution in [3.63, 3.8) is 0 Å². The third-order valence-electron chi connectivity index (χ3n) is 4.71. The first-order chi connectivity index (χ1) is 13.1. The van der Waals surface area contributed by atoms with E-state index in [0.717, 1.165) is 0 Å². The Bertz CT molecular complexity index is 1030. The fourth-order valence-electron chi connectivity index (χ4n) is 3.32. The summed E-state index contributed by atoms with van der Waals surface area (Å²) < 4.78 is 11.9. The summed E-state index contributed by atoms with van der Waals surface area (Å²) in [5.74, 6) is 0.239. The predicted molar refractivity (Wildman–Crippen MR) is 98.2 cm³/mol. The average Bonchev–Trinajstić information content (AvgIpc) is 3.30. The van der Waals surface area contributed by atoms with Crippen LogP contribution in [0.3, 0.4) is 0 Å². The lowest BCUT2D eigenvalue weighted by atomic mass is 10.1. The summed E-state index contributed by atoms with van der Waals surface area (Å²) in [5, 5.41) is 7.98. The summed E-state index contributed by atoms with van der Waals surface area (Å²) in [6.45, 7) is 0.245. The second-order valence-corrected chi connectivity index (χ2v) is 6.27. The zero-order valence-corrected chi connectivity index (χ0v) is 15.0. The molecule has 8 nitrogen and oxygen atoms in total. The first-order valence-corrected chi connectivity index (χ1v) is 8.49. The second-order valence-electron chi connectivity index (χ2n) is 6.27. The van der Waals surface area contributed by atoms with Gasteiger partial charge in [-0.25, -0.2) is 0 Å². The summed E-state index contributed by atoms with van der Waals surface area (Å²) in [5.41, 5.74) is 1.86. The summed E-state index contributed by atoms with van der Waals surface area (Å²) >= 11 is 0. The van der Waals surface area contributed by atoms with E-state index in [4.69, 9.17) is 9.47 Å². The van der Waals surface area contributed by atoms with Gasteiger partial charge in [0, 0.05) is 19.0 Å². The lowest BCUT2D eigenvalue weighted by Gasteiger charge is -2.20. The van der Waals surface area contributed by atoms with Crippen molar-refractivity contribution in [1.82, 2.24) is 15.0 Å². The first kappa shape index (κ1) is 17.0. The number of fused-ring (bicyclic) bond motifs is 1. The Kier molecular flexibility index (Phi) is 4.23. The van der Waals surface area contributed by atoms with Crippen molar-refractivity contribution in [1.29, 1.82) is 0 Å². The van der Waals surface area contributed by atoms with Gasteiger partial charge in [-0.2, -0.15) is 4.68 Å². The minimum absolute atomic E-state index is 0.105. The Morgan fingerprint density at radius 2 is 1.96 bits per heavy atom. The van der Waals surface area contributed by atoms with E-state index in [9.17, 15) is 9.59 Å². The van der Waals surface area contributed by atoms with Gasteiger partial charge >= 0.3 is 0 Å². The molecule has 1 amide bonds. The number of ether oxygens (including phenoxy) is 2. The summed E-state index contributed by atoms with van der Waals surface area (Å²) in [6.07, 6.45) is 0.105. The zero-order chi connectivity index (χ0) is 19.0. The maximum Gasteiger partial charge on any atom is 0.254 e. The molecule has 1 fully saturated rings. The minimum atomic E-state index is -0.515. The second kappa shape index (κ2) is 6.71. The maximum atomic E-state index is 12.9. The SMILES string of the molecule is COc1ccc(OC)c(N2C[C@@H](C(=O)n3nnc4ccccc43)CC2=O)c1. The molecule has 1 aromatic heterocycles. The molecule has 0 radical (unpaired) electrons. The van der Waals surface area contributed by atoms with E-state index in [0.29, 0.717) is 28.2 Å². The number of rotatable bonds is 4. The molecule has 0 unspecified atom stereocenters. The van der Waals surface area contributed by atoms with Gasteiger partial charge in [-0.05, 0) is 24.3 Å². The molecule has 2 aromatic carbocycles. The number of carbonyl (C=O) groups excluding carboxylic acids is 2. The number of amides is 1. The van der Waals surface area contributed by atoms with Crippen molar-refractivity contribution in [3.8, 4) is 11.5 Å². The third kappa shape index (κ3) is 2.88. The summed E-state index contributed by atoms with van der Waals surface area (Å²) in [7, 11) is 3.09. The quantitative estimate of drug-likeness (QED) is 0.703. The van der Waals surface area contributed by atoms with Crippen LogP contribution in [0.1, 0.15) is 11.2 Å². The van der Waals surface area contributed by atoms with E-state index >= 15 is 0 Å². The standard InChI is InChI=1S/C19H18N4O4/c1-26-13-7-8-17(27-2)16(10-13)22-11-12(9-18(22)24)19(25)23-15-6-4-3-5-14(15)20-21-23/h3-8,10,12H,9,11H2,1-2H3/t12-/m0/s1. The van der Waals surface area contributed by atoms with Crippen LogP contribution >= 0.6 is 0 Å². The van der Waals surface area contributed by atoms with Crippen molar-refractivity contribution in [2.75, 3.05) is 25.7 Å². The molecule has 2 heterocycles. The molecule has 0 aliphatic carbocycles. The van der Waals surface area contributed by atoms with Gasteiger partial charge in [0.05, 0.1) is 31.3 Å². The number of benzene rings is 2. The highest BCUT2D eigenvalue weighted by Gasteiger charge is 2.38. The van der Waals surface area contributed by atoms with E-state index in [-0.39, 0.29) is 24.8 Å². The fourth-order valence-corrected chi connectivity index (χ4v) is 3.32. The monoisotopic (exact) mass is 366 g/mol. The summed E-state index contributed by atoms with van der Waals surface area (Å²) in [4.78, 5) is 27.1. The third-order valence-corrected chi connectivity index (χ3v) is 4.71. The topological polar surface area (TPSA) is 86.6 Å². The number of nitrogens with zero attached hydrogens (tertiary/aromatic N) is 4. The van der Waals surface area contributed by atoms with Gasteiger partial charge in [0.2, 0.25) is 5.91 Å². The van der Waals surface area contributed by atoms with E-state index < -0.39 is 5.92 Å². The van der Waals surface area contributed by atoms with Gasteiger partial charge in [0.15, 0.2) is 0 Å². The Hall–Kier alpha value is -3.42. The molecule has 1 atom stereocenters. The van der Waals surface area contributed by atoms with Gasteiger partial charge in [-0.15, -0.1) is 5.10 Å². The van der Waals surface area contributed by atoms with Crippen LogP contribution in [0.25, 0.3) is 11.0 Å². The number of hydrogen-bond donors (Lipinski definition) is 0. The van der Waals surface area contributed by atoms with Crippen molar-refractivity contribution in [2.45, 2.75) is 6.42 Å². The largest absolute Gasteiger partial charge is 0.497 e. The Morgan fingerprint density at radius 3 is 2.74 bits per heavy atom. The average molecular weight is 366 g/mol. The first-order valence-electron chi connectivity index (χ1n) is 8.49. The van der Waals surface area contributed by atoms with E-state index in [1.54, 1.807) is 42.3 Å². The highest BCUT2D eigenvalue weighted by atomic mass is 16.5. The Morgan fingerprint density at radius 1 is 1.15 bits per heavy atom. The molecule has 1 aliphatic heterocycles. The smallest absolute Gasteiger partial charge is 0.254 e. The van der Waals surface area contributed by atoms with Gasteiger partial charge in [0.1, 0.15) is 17.0 Å². The van der Waals surface area contributed by atoms with Crippen molar-refractivity contribution < 1.29 is 19.1 Å². The molecule has 138 valence electrons. The summed E-state index contributed by atoms with van der Waals surface area (Å²) in [6, 6.07) is 12.5. The highest BCUT2D eigenvalue weighted by molar-refractivity contribution is 6.02. The van der Waals surface area contributed by atoms with Gasteiger partial charge in [0.25, 0.3) is 5.91 Å². The Balaban J connectivity index is 1.64. The van der Waals surface area contributed by atoms with Crippen LogP contribution in [-0.2, 0) is 4.79 Å². The molecule has 4 rings (SSSR count). The molecule has 27 heavy (non-hydrogen) atoms. The molecule has 1 aliphatic rings. The van der Waals surface area contributed by atoms with Crippen molar-refractivity contribution in [3.05, 3.63) is 42.5 Å². The van der Waals surface area contributed by atoms with Gasteiger partial charge in [-0.1, -0.05) is 17.3 Å². The number of methoxy groups -OCH3 is 2. The highest BCUT2D eigenvalue weighted by Crippen LogP contribution is 2.36. The Labute approximate surface area is 155 Å². The van der Waals surface area contributed by atoms with Crippen molar-refractivity contribution >= 4 is 28.5 Å². The molecule has 3 aromatic rings. The lowest BCUT2D eigenvalue weighted by molar-refractivity contribution is -0.117. The number of hydrogen-bond acceptors (Lipinski definition) is 6. The molecular formula is C19H18N4O4. The van der Waals surface area contributed by atoms with E-state index in [2.05, 4.69) is 10.3 Å². The molecular weight excluding hydrogens is 348 g/mol. The van der Waals surface area contributed by atoms with Crippen LogP contribution in [0.15, 0.2) is 42.5 Å². The molecule has 1 saturated heterocycles. The number of aromatic nitrogens is 3. The van der Waals surface area contributed by atoms with Crippen molar-refractivity contribution in [2.24, 2.45) is 5.92 Å². The molecule has 0 spiro atoms. The normalized spacial score (nSPS) is 16.7.